The number of hydrazine groups is 1. The highest BCUT2D eigenvalue weighted by Crippen LogP contribution is 2.29. The van der Waals surface area contributed by atoms with Crippen molar-refractivity contribution >= 4 is 0 Å². The summed E-state index contributed by atoms with van der Waals surface area (Å²) in [5.74, 6) is -1.00. The van der Waals surface area contributed by atoms with E-state index in [1.54, 1.807) is 0 Å². The van der Waals surface area contributed by atoms with Gasteiger partial charge in [-0.3, -0.25) is 5.43 Å². The molecule has 1 aliphatic rings. The van der Waals surface area contributed by atoms with Crippen LogP contribution in [0.3, 0.4) is 0 Å². The zero-order valence-corrected chi connectivity index (χ0v) is 9.00. The molecule has 1 aromatic carbocycles. The Morgan fingerprint density at radius 3 is 2.69 bits per heavy atom. The van der Waals surface area contributed by atoms with Gasteiger partial charge < -0.3 is 5.73 Å². The normalized spacial score (nSPS) is 29.6. The summed E-state index contributed by atoms with van der Waals surface area (Å²) in [6.45, 7) is 2.43. The average Bonchev–Trinajstić information content (AvgIpc) is 2.59. The van der Waals surface area contributed by atoms with Gasteiger partial charge in [-0.15, -0.1) is 0 Å². The third kappa shape index (κ3) is 1.93. The van der Waals surface area contributed by atoms with Crippen molar-refractivity contribution in [2.75, 3.05) is 6.54 Å². The third-order valence-electron chi connectivity index (χ3n) is 3.11. The maximum absolute atomic E-state index is 13.6. The second-order valence-electron chi connectivity index (χ2n) is 4.12. The molecular formula is C11H15F2N3. The number of benzene rings is 1. The topological polar surface area (TPSA) is 50.1 Å². The zero-order chi connectivity index (χ0) is 11.7. The van der Waals surface area contributed by atoms with E-state index in [1.807, 2.05) is 6.92 Å². The number of hydrogen-bond donors (Lipinski definition) is 3. The molecule has 0 amide bonds. The summed E-state index contributed by atoms with van der Waals surface area (Å²) in [6.07, 6.45) is 0. The molecule has 5 heteroatoms. The fourth-order valence-corrected chi connectivity index (χ4v) is 2.13. The SMILES string of the molecule is CC1NNC(c2ccc(F)cc2F)C1CN. The fourth-order valence-electron chi connectivity index (χ4n) is 2.13. The van der Waals surface area contributed by atoms with Crippen molar-refractivity contribution in [3.63, 3.8) is 0 Å². The third-order valence-corrected chi connectivity index (χ3v) is 3.11. The summed E-state index contributed by atoms with van der Waals surface area (Å²) < 4.78 is 26.4. The molecule has 1 saturated heterocycles. The highest BCUT2D eigenvalue weighted by atomic mass is 19.1. The molecule has 4 N–H and O–H groups in total. The van der Waals surface area contributed by atoms with E-state index in [9.17, 15) is 8.78 Å². The largest absolute Gasteiger partial charge is 0.330 e. The highest BCUT2D eigenvalue weighted by molar-refractivity contribution is 5.24. The van der Waals surface area contributed by atoms with E-state index in [0.29, 0.717) is 12.1 Å². The van der Waals surface area contributed by atoms with Crippen LogP contribution < -0.4 is 16.6 Å². The molecule has 88 valence electrons. The molecule has 0 aliphatic carbocycles. The van der Waals surface area contributed by atoms with Crippen molar-refractivity contribution < 1.29 is 8.78 Å². The molecule has 16 heavy (non-hydrogen) atoms. The van der Waals surface area contributed by atoms with Crippen LogP contribution in [0.4, 0.5) is 8.78 Å². The van der Waals surface area contributed by atoms with Crippen molar-refractivity contribution in [3.05, 3.63) is 35.4 Å². The van der Waals surface area contributed by atoms with Crippen LogP contribution in [0.1, 0.15) is 18.5 Å². The number of halogens is 2. The quantitative estimate of drug-likeness (QED) is 0.708. The standard InChI is InChI=1S/C11H15F2N3/c1-6-9(5-14)11(16-15-6)8-3-2-7(12)4-10(8)13/h2-4,6,9,11,15-16H,5,14H2,1H3. The van der Waals surface area contributed by atoms with Gasteiger partial charge in [0.05, 0.1) is 6.04 Å². The lowest BCUT2D eigenvalue weighted by Gasteiger charge is -2.19. The zero-order valence-electron chi connectivity index (χ0n) is 9.00. The van der Waals surface area contributed by atoms with Crippen LogP contribution in [0.15, 0.2) is 18.2 Å². The lowest BCUT2D eigenvalue weighted by atomic mass is 9.90. The minimum Gasteiger partial charge on any atom is -0.330 e. The van der Waals surface area contributed by atoms with Gasteiger partial charge in [0.15, 0.2) is 0 Å². The van der Waals surface area contributed by atoms with Crippen molar-refractivity contribution in [1.29, 1.82) is 0 Å². The summed E-state index contributed by atoms with van der Waals surface area (Å²) in [6, 6.07) is 3.58. The van der Waals surface area contributed by atoms with Crippen LogP contribution in [0.25, 0.3) is 0 Å². The Morgan fingerprint density at radius 1 is 1.31 bits per heavy atom. The van der Waals surface area contributed by atoms with E-state index in [0.717, 1.165) is 6.07 Å². The highest BCUT2D eigenvalue weighted by Gasteiger charge is 2.34. The van der Waals surface area contributed by atoms with Gasteiger partial charge >= 0.3 is 0 Å². The monoisotopic (exact) mass is 227 g/mol. The smallest absolute Gasteiger partial charge is 0.130 e. The van der Waals surface area contributed by atoms with Gasteiger partial charge in [-0.2, -0.15) is 0 Å². The molecule has 1 aromatic rings. The predicted octanol–water partition coefficient (Wildman–Crippen LogP) is 1.08. The van der Waals surface area contributed by atoms with Gasteiger partial charge in [0.1, 0.15) is 11.6 Å². The minimum absolute atomic E-state index is 0.0972. The number of rotatable bonds is 2. The lowest BCUT2D eigenvalue weighted by Crippen LogP contribution is -2.30. The summed E-state index contributed by atoms with van der Waals surface area (Å²) in [7, 11) is 0. The van der Waals surface area contributed by atoms with E-state index in [2.05, 4.69) is 10.9 Å². The molecule has 3 atom stereocenters. The van der Waals surface area contributed by atoms with Gasteiger partial charge in [-0.25, -0.2) is 14.2 Å². The summed E-state index contributed by atoms with van der Waals surface area (Å²) in [5, 5.41) is 0. The van der Waals surface area contributed by atoms with E-state index < -0.39 is 11.6 Å². The number of nitrogens with two attached hydrogens (primary N) is 1. The van der Waals surface area contributed by atoms with Crippen molar-refractivity contribution in [2.24, 2.45) is 11.7 Å². The second kappa shape index (κ2) is 4.45. The first-order chi connectivity index (χ1) is 7.63. The molecular weight excluding hydrogens is 212 g/mol. The molecule has 3 unspecified atom stereocenters. The molecule has 2 rings (SSSR count). The summed E-state index contributed by atoms with van der Waals surface area (Å²) in [5.41, 5.74) is 12.1. The molecule has 0 aromatic heterocycles. The van der Waals surface area contributed by atoms with E-state index in [1.165, 1.54) is 12.1 Å². The van der Waals surface area contributed by atoms with E-state index in [4.69, 9.17) is 5.73 Å². The maximum Gasteiger partial charge on any atom is 0.130 e. The van der Waals surface area contributed by atoms with Gasteiger partial charge in [-0.05, 0) is 19.5 Å². The van der Waals surface area contributed by atoms with Crippen molar-refractivity contribution in [3.8, 4) is 0 Å². The lowest BCUT2D eigenvalue weighted by molar-refractivity contribution is 0.429. The molecule has 1 aliphatic heterocycles. The first-order valence-corrected chi connectivity index (χ1v) is 5.29. The average molecular weight is 227 g/mol. The minimum atomic E-state index is -0.565. The second-order valence-corrected chi connectivity index (χ2v) is 4.12. The van der Waals surface area contributed by atoms with Crippen molar-refractivity contribution in [1.82, 2.24) is 10.9 Å². The van der Waals surface area contributed by atoms with Gasteiger partial charge in [0.2, 0.25) is 0 Å². The molecule has 3 nitrogen and oxygen atoms in total. The molecule has 0 bridgehead atoms. The summed E-state index contributed by atoms with van der Waals surface area (Å²) in [4.78, 5) is 0. The van der Waals surface area contributed by atoms with Crippen LogP contribution in [0, 0.1) is 17.6 Å². The predicted molar refractivity (Wildman–Crippen MR) is 57.4 cm³/mol. The van der Waals surface area contributed by atoms with Gasteiger partial charge in [0, 0.05) is 23.6 Å². The van der Waals surface area contributed by atoms with Crippen LogP contribution in [-0.2, 0) is 0 Å². The van der Waals surface area contributed by atoms with Crippen LogP contribution in [0.2, 0.25) is 0 Å². The Morgan fingerprint density at radius 2 is 2.06 bits per heavy atom. The van der Waals surface area contributed by atoms with E-state index >= 15 is 0 Å². The Kier molecular flexibility index (Phi) is 3.18. The first kappa shape index (κ1) is 11.4. The van der Waals surface area contributed by atoms with E-state index in [-0.39, 0.29) is 18.0 Å². The fraction of sp³-hybridized carbons (Fsp3) is 0.455. The van der Waals surface area contributed by atoms with Gasteiger partial charge in [0.25, 0.3) is 0 Å². The summed E-state index contributed by atoms with van der Waals surface area (Å²) >= 11 is 0. The molecule has 1 fully saturated rings. The van der Waals surface area contributed by atoms with Crippen LogP contribution >= 0.6 is 0 Å². The molecule has 1 heterocycles. The number of hydrogen-bond acceptors (Lipinski definition) is 3. The molecule has 0 spiro atoms. The maximum atomic E-state index is 13.6. The first-order valence-electron chi connectivity index (χ1n) is 5.29. The Bertz CT molecular complexity index is 383. The Balaban J connectivity index is 2.30. The van der Waals surface area contributed by atoms with Crippen LogP contribution in [-0.4, -0.2) is 12.6 Å². The molecule has 0 saturated carbocycles. The Labute approximate surface area is 93.0 Å². The van der Waals surface area contributed by atoms with Crippen molar-refractivity contribution in [2.45, 2.75) is 19.0 Å². The number of nitrogens with one attached hydrogen (secondary N) is 2. The van der Waals surface area contributed by atoms with Crippen LogP contribution in [0.5, 0.6) is 0 Å². The molecule has 0 radical (unpaired) electrons. The Hall–Kier alpha value is -1.04. The van der Waals surface area contributed by atoms with Gasteiger partial charge in [-0.1, -0.05) is 6.07 Å².